The van der Waals surface area contributed by atoms with E-state index in [1.807, 2.05) is 45.0 Å². The number of anilines is 1. The van der Waals surface area contributed by atoms with Crippen molar-refractivity contribution in [3.8, 4) is 5.75 Å². The standard InChI is InChI=1S/C20H26N2O2/c1-5-15(4)24-19-10-13(2)6-8-16(19)12-22-20(23)18-11-17(21)9-7-14(18)3/h6-11,15H,5,12,21H2,1-4H3,(H,22,23). The molecule has 128 valence electrons. The van der Waals surface area contributed by atoms with Crippen LogP contribution in [0, 0.1) is 13.8 Å². The first-order valence-electron chi connectivity index (χ1n) is 8.31. The number of carbonyl (C=O) groups excluding carboxylic acids is 1. The third-order valence-electron chi connectivity index (χ3n) is 4.07. The molecule has 0 spiro atoms. The summed E-state index contributed by atoms with van der Waals surface area (Å²) in [7, 11) is 0. The van der Waals surface area contributed by atoms with Crippen LogP contribution in [-0.2, 0) is 6.54 Å². The maximum absolute atomic E-state index is 12.4. The lowest BCUT2D eigenvalue weighted by Crippen LogP contribution is -2.24. The minimum atomic E-state index is -0.130. The zero-order valence-corrected chi connectivity index (χ0v) is 14.8. The van der Waals surface area contributed by atoms with E-state index in [1.54, 1.807) is 12.1 Å². The quantitative estimate of drug-likeness (QED) is 0.789. The number of ether oxygens (including phenoxy) is 1. The molecule has 1 atom stereocenters. The van der Waals surface area contributed by atoms with Crippen molar-refractivity contribution < 1.29 is 9.53 Å². The summed E-state index contributed by atoms with van der Waals surface area (Å²) in [5.41, 5.74) is 9.98. The minimum absolute atomic E-state index is 0.130. The summed E-state index contributed by atoms with van der Waals surface area (Å²) in [4.78, 5) is 12.4. The second kappa shape index (κ2) is 7.86. The molecule has 0 fully saturated rings. The lowest BCUT2D eigenvalue weighted by molar-refractivity contribution is 0.0950. The van der Waals surface area contributed by atoms with Gasteiger partial charge < -0.3 is 15.8 Å². The fourth-order valence-electron chi connectivity index (χ4n) is 2.37. The Morgan fingerprint density at radius 1 is 1.21 bits per heavy atom. The van der Waals surface area contributed by atoms with E-state index in [0.717, 1.165) is 28.9 Å². The highest BCUT2D eigenvalue weighted by atomic mass is 16.5. The SMILES string of the molecule is CCC(C)Oc1cc(C)ccc1CNC(=O)c1cc(N)ccc1C. The van der Waals surface area contributed by atoms with Gasteiger partial charge in [0.1, 0.15) is 5.75 Å². The molecule has 4 nitrogen and oxygen atoms in total. The van der Waals surface area contributed by atoms with E-state index in [1.165, 1.54) is 0 Å². The summed E-state index contributed by atoms with van der Waals surface area (Å²) in [6.45, 7) is 8.48. The van der Waals surface area contributed by atoms with Gasteiger partial charge in [0, 0.05) is 23.4 Å². The van der Waals surface area contributed by atoms with Crippen molar-refractivity contribution in [3.05, 3.63) is 58.7 Å². The Morgan fingerprint density at radius 3 is 2.67 bits per heavy atom. The summed E-state index contributed by atoms with van der Waals surface area (Å²) < 4.78 is 5.99. The van der Waals surface area contributed by atoms with Gasteiger partial charge in [0.05, 0.1) is 6.10 Å². The predicted molar refractivity (Wildman–Crippen MR) is 98.3 cm³/mol. The Hall–Kier alpha value is -2.49. The largest absolute Gasteiger partial charge is 0.490 e. The van der Waals surface area contributed by atoms with Gasteiger partial charge in [-0.3, -0.25) is 4.79 Å². The highest BCUT2D eigenvalue weighted by Gasteiger charge is 2.12. The Kier molecular flexibility index (Phi) is 5.85. The first-order valence-corrected chi connectivity index (χ1v) is 8.31. The number of benzene rings is 2. The number of nitrogens with two attached hydrogens (primary N) is 1. The first kappa shape index (κ1) is 17.9. The van der Waals surface area contributed by atoms with Crippen LogP contribution in [0.2, 0.25) is 0 Å². The molecule has 0 aliphatic heterocycles. The molecule has 2 aromatic rings. The van der Waals surface area contributed by atoms with Crippen LogP contribution < -0.4 is 15.8 Å². The molecule has 1 unspecified atom stereocenters. The van der Waals surface area contributed by atoms with Crippen molar-refractivity contribution >= 4 is 11.6 Å². The number of nitrogen functional groups attached to an aromatic ring is 1. The first-order chi connectivity index (χ1) is 11.4. The van der Waals surface area contributed by atoms with Gasteiger partial charge in [-0.25, -0.2) is 0 Å². The van der Waals surface area contributed by atoms with Gasteiger partial charge in [0.15, 0.2) is 0 Å². The second-order valence-electron chi connectivity index (χ2n) is 6.20. The molecule has 0 bridgehead atoms. The van der Waals surface area contributed by atoms with Crippen molar-refractivity contribution in [1.82, 2.24) is 5.32 Å². The van der Waals surface area contributed by atoms with Crippen molar-refractivity contribution in [2.24, 2.45) is 0 Å². The molecular formula is C20H26N2O2. The van der Waals surface area contributed by atoms with Gasteiger partial charge in [0.2, 0.25) is 0 Å². The molecule has 0 aliphatic rings. The number of carbonyl (C=O) groups is 1. The minimum Gasteiger partial charge on any atom is -0.490 e. The van der Waals surface area contributed by atoms with Gasteiger partial charge in [-0.2, -0.15) is 0 Å². The van der Waals surface area contributed by atoms with Crippen LogP contribution in [-0.4, -0.2) is 12.0 Å². The van der Waals surface area contributed by atoms with Crippen LogP contribution in [0.1, 0.15) is 47.3 Å². The molecule has 0 radical (unpaired) electrons. The number of aryl methyl sites for hydroxylation is 2. The monoisotopic (exact) mass is 326 g/mol. The van der Waals surface area contributed by atoms with Gasteiger partial charge >= 0.3 is 0 Å². The summed E-state index contributed by atoms with van der Waals surface area (Å²) in [5.74, 6) is 0.698. The Morgan fingerprint density at radius 2 is 1.96 bits per heavy atom. The number of amides is 1. The van der Waals surface area contributed by atoms with E-state index in [4.69, 9.17) is 10.5 Å². The van der Waals surface area contributed by atoms with E-state index in [9.17, 15) is 4.79 Å². The molecule has 24 heavy (non-hydrogen) atoms. The fraction of sp³-hybridized carbons (Fsp3) is 0.350. The highest BCUT2D eigenvalue weighted by molar-refractivity contribution is 5.96. The number of rotatable bonds is 6. The van der Waals surface area contributed by atoms with E-state index < -0.39 is 0 Å². The topological polar surface area (TPSA) is 64.3 Å². The van der Waals surface area contributed by atoms with Gasteiger partial charge in [-0.05, 0) is 56.5 Å². The maximum Gasteiger partial charge on any atom is 0.251 e. The third-order valence-corrected chi connectivity index (χ3v) is 4.07. The Bertz CT molecular complexity index is 726. The maximum atomic E-state index is 12.4. The highest BCUT2D eigenvalue weighted by Crippen LogP contribution is 2.22. The van der Waals surface area contributed by atoms with Gasteiger partial charge in [-0.15, -0.1) is 0 Å². The molecule has 0 heterocycles. The van der Waals surface area contributed by atoms with E-state index in [-0.39, 0.29) is 12.0 Å². The summed E-state index contributed by atoms with van der Waals surface area (Å²) in [6, 6.07) is 11.4. The van der Waals surface area contributed by atoms with Crippen LogP contribution in [0.25, 0.3) is 0 Å². The predicted octanol–water partition coefficient (Wildman–Crippen LogP) is 3.99. The van der Waals surface area contributed by atoms with Crippen LogP contribution in [0.3, 0.4) is 0 Å². The summed E-state index contributed by atoms with van der Waals surface area (Å²) >= 11 is 0. The van der Waals surface area contributed by atoms with Crippen molar-refractivity contribution in [3.63, 3.8) is 0 Å². The van der Waals surface area contributed by atoms with Crippen LogP contribution in [0.4, 0.5) is 5.69 Å². The van der Waals surface area contributed by atoms with Crippen LogP contribution in [0.15, 0.2) is 36.4 Å². The molecule has 3 N–H and O–H groups in total. The second-order valence-corrected chi connectivity index (χ2v) is 6.20. The van der Waals surface area contributed by atoms with E-state index in [0.29, 0.717) is 17.8 Å². The van der Waals surface area contributed by atoms with Crippen molar-refractivity contribution in [1.29, 1.82) is 0 Å². The molecule has 4 heteroatoms. The lowest BCUT2D eigenvalue weighted by atomic mass is 10.1. The molecule has 0 saturated carbocycles. The van der Waals surface area contributed by atoms with Gasteiger partial charge in [0.25, 0.3) is 5.91 Å². The van der Waals surface area contributed by atoms with Crippen LogP contribution in [0.5, 0.6) is 5.75 Å². The Balaban J connectivity index is 2.13. The number of hydrogen-bond donors (Lipinski definition) is 2. The Labute approximate surface area is 144 Å². The zero-order chi connectivity index (χ0) is 17.7. The normalized spacial score (nSPS) is 11.8. The van der Waals surface area contributed by atoms with Crippen molar-refractivity contribution in [2.75, 3.05) is 5.73 Å². The fourth-order valence-corrected chi connectivity index (χ4v) is 2.37. The van der Waals surface area contributed by atoms with E-state index in [2.05, 4.69) is 12.2 Å². The zero-order valence-electron chi connectivity index (χ0n) is 14.8. The molecule has 2 aromatic carbocycles. The van der Waals surface area contributed by atoms with Gasteiger partial charge in [-0.1, -0.05) is 25.1 Å². The molecule has 1 amide bonds. The van der Waals surface area contributed by atoms with Crippen LogP contribution >= 0.6 is 0 Å². The number of nitrogens with one attached hydrogen (secondary N) is 1. The van der Waals surface area contributed by atoms with Crippen molar-refractivity contribution in [2.45, 2.75) is 46.8 Å². The molecule has 0 aromatic heterocycles. The molecule has 0 saturated heterocycles. The third kappa shape index (κ3) is 4.51. The summed E-state index contributed by atoms with van der Waals surface area (Å²) in [5, 5.41) is 2.96. The van der Waals surface area contributed by atoms with E-state index >= 15 is 0 Å². The molecular weight excluding hydrogens is 300 g/mol. The molecule has 0 aliphatic carbocycles. The average molecular weight is 326 g/mol. The molecule has 2 rings (SSSR count). The average Bonchev–Trinajstić information content (AvgIpc) is 2.56. The summed E-state index contributed by atoms with van der Waals surface area (Å²) in [6.07, 6.45) is 1.07. The number of hydrogen-bond acceptors (Lipinski definition) is 3. The smallest absolute Gasteiger partial charge is 0.251 e. The lowest BCUT2D eigenvalue weighted by Gasteiger charge is -2.17.